The van der Waals surface area contributed by atoms with Gasteiger partial charge in [-0.3, -0.25) is 0 Å². The van der Waals surface area contributed by atoms with E-state index >= 15 is 0 Å². The van der Waals surface area contributed by atoms with Crippen LogP contribution < -0.4 is 0 Å². The number of hydrogen-bond donors (Lipinski definition) is 8. The first-order chi connectivity index (χ1) is 40.1. The lowest BCUT2D eigenvalue weighted by atomic mass is 9.96. The summed E-state index contributed by atoms with van der Waals surface area (Å²) in [4.78, 5) is 9.25. The standard InChI is InChI=1S/C24H34O2S.C18H22O2S.2C16H18O2S/c1-13(2)17-11-23(19(15(5)6)9-21(17)25)27-24-12-18(14(3)4)22(26)10-20(24)16(7)8;1-9-7-15(19)11(3)13(5)17(9)21-18-10(2)8-16(20)12(4)14(18)6;1-9-7-15(11(3)5-13(9)17)19-16-8-10(2)14(18)6-12(16)4;1-9-11(3)15(7-5-13(9)17)19-16-8-6-14(18)10(2)12(16)4/h9-16,25-26H,1-8H3;7-8,19-20H,1-6H3;2*5-8,17-18H,1-4H3. The van der Waals surface area contributed by atoms with Crippen LogP contribution in [-0.4, -0.2) is 40.9 Å². The minimum atomic E-state index is 0.265. The average Bonchev–Trinajstić information content (AvgIpc) is 1.40. The molecule has 0 radical (unpaired) electrons. The number of aryl methyl sites for hydroxylation is 6. The highest BCUT2D eigenvalue weighted by molar-refractivity contribution is 8.00. The molecule has 8 aromatic rings. The molecule has 0 heterocycles. The fourth-order valence-electron chi connectivity index (χ4n) is 9.60. The molecule has 0 saturated carbocycles. The van der Waals surface area contributed by atoms with Crippen molar-refractivity contribution in [2.24, 2.45) is 0 Å². The Morgan fingerprint density at radius 1 is 0.221 bits per heavy atom. The van der Waals surface area contributed by atoms with E-state index in [9.17, 15) is 40.9 Å². The van der Waals surface area contributed by atoms with Crippen LogP contribution in [0.5, 0.6) is 46.0 Å². The Hall–Kier alpha value is -6.44. The van der Waals surface area contributed by atoms with E-state index < -0.39 is 0 Å². The van der Waals surface area contributed by atoms with Gasteiger partial charge in [0.1, 0.15) is 46.0 Å². The molecule has 8 nitrogen and oxygen atoms in total. The maximum atomic E-state index is 10.5. The van der Waals surface area contributed by atoms with Crippen LogP contribution in [0.15, 0.2) is 124 Å². The summed E-state index contributed by atoms with van der Waals surface area (Å²) >= 11 is 6.80. The second-order valence-electron chi connectivity index (χ2n) is 24.0. The summed E-state index contributed by atoms with van der Waals surface area (Å²) < 4.78 is 0. The fourth-order valence-corrected chi connectivity index (χ4v) is 14.6. The Labute approximate surface area is 530 Å². The Kier molecular flexibility index (Phi) is 24.5. The van der Waals surface area contributed by atoms with Crippen molar-refractivity contribution in [1.29, 1.82) is 0 Å². The van der Waals surface area contributed by atoms with Crippen LogP contribution in [0.25, 0.3) is 0 Å². The van der Waals surface area contributed by atoms with Crippen molar-refractivity contribution in [3.63, 3.8) is 0 Å². The molecular formula is C74H92O8S4. The molecule has 0 saturated heterocycles. The van der Waals surface area contributed by atoms with Crippen molar-refractivity contribution in [1.82, 2.24) is 0 Å². The Balaban J connectivity index is 0.000000212. The summed E-state index contributed by atoms with van der Waals surface area (Å²) in [5.41, 5.74) is 18.4. The molecule has 0 bridgehead atoms. The van der Waals surface area contributed by atoms with E-state index in [1.807, 2.05) is 145 Å². The third-order valence-electron chi connectivity index (χ3n) is 16.1. The Morgan fingerprint density at radius 2 is 0.512 bits per heavy atom. The number of phenolic OH excluding ortho intramolecular Hbond substituents is 8. The van der Waals surface area contributed by atoms with Crippen molar-refractivity contribution >= 4 is 47.0 Å². The molecular weight excluding hydrogens is 1150 g/mol. The van der Waals surface area contributed by atoms with E-state index in [0.29, 0.717) is 57.8 Å². The predicted molar refractivity (Wildman–Crippen MR) is 364 cm³/mol. The van der Waals surface area contributed by atoms with Gasteiger partial charge in [0, 0.05) is 39.2 Å². The topological polar surface area (TPSA) is 162 Å². The zero-order valence-electron chi connectivity index (χ0n) is 54.6. The van der Waals surface area contributed by atoms with Gasteiger partial charge in [0.05, 0.1) is 0 Å². The molecule has 86 heavy (non-hydrogen) atoms. The summed E-state index contributed by atoms with van der Waals surface area (Å²) in [6.45, 7) is 44.7. The average molecular weight is 1240 g/mol. The van der Waals surface area contributed by atoms with Crippen LogP contribution in [0, 0.1) is 96.9 Å². The van der Waals surface area contributed by atoms with Crippen molar-refractivity contribution in [3.8, 4) is 46.0 Å². The number of hydrogen-bond acceptors (Lipinski definition) is 12. The lowest BCUT2D eigenvalue weighted by Crippen LogP contribution is -1.99. The largest absolute Gasteiger partial charge is 0.508 e. The molecule has 0 spiro atoms. The van der Waals surface area contributed by atoms with E-state index in [0.717, 1.165) is 120 Å². The lowest BCUT2D eigenvalue weighted by molar-refractivity contribution is 0.462. The first kappa shape index (κ1) is 70.3. The van der Waals surface area contributed by atoms with Crippen molar-refractivity contribution < 1.29 is 40.9 Å². The molecule has 0 atom stereocenters. The molecule has 0 aliphatic rings. The van der Waals surface area contributed by atoms with Crippen LogP contribution in [0.2, 0.25) is 0 Å². The summed E-state index contributed by atoms with van der Waals surface area (Å²) in [6.07, 6.45) is 0. The second-order valence-corrected chi connectivity index (χ2v) is 28.3. The monoisotopic (exact) mass is 1240 g/mol. The van der Waals surface area contributed by atoms with Gasteiger partial charge in [-0.15, -0.1) is 0 Å². The molecule has 12 heteroatoms. The van der Waals surface area contributed by atoms with Gasteiger partial charge in [-0.25, -0.2) is 0 Å². The van der Waals surface area contributed by atoms with Gasteiger partial charge in [0.15, 0.2) is 0 Å². The summed E-state index contributed by atoms with van der Waals surface area (Å²) in [5, 5.41) is 79.5. The maximum Gasteiger partial charge on any atom is 0.119 e. The summed E-state index contributed by atoms with van der Waals surface area (Å²) in [7, 11) is 0. The highest BCUT2D eigenvalue weighted by atomic mass is 32.2. The van der Waals surface area contributed by atoms with Crippen LogP contribution in [0.4, 0.5) is 0 Å². The van der Waals surface area contributed by atoms with Gasteiger partial charge in [-0.2, -0.15) is 0 Å². The van der Waals surface area contributed by atoms with Crippen molar-refractivity contribution in [2.45, 2.75) is 215 Å². The number of rotatable bonds is 12. The molecule has 0 aliphatic carbocycles. The van der Waals surface area contributed by atoms with E-state index in [4.69, 9.17) is 0 Å². The van der Waals surface area contributed by atoms with Crippen LogP contribution >= 0.6 is 47.0 Å². The normalized spacial score (nSPS) is 11.2. The van der Waals surface area contributed by atoms with Crippen LogP contribution in [0.3, 0.4) is 0 Å². The number of aromatic hydroxyl groups is 8. The Bertz CT molecular complexity index is 3520. The van der Waals surface area contributed by atoms with E-state index in [2.05, 4.69) is 67.5 Å². The van der Waals surface area contributed by atoms with Gasteiger partial charge in [0.25, 0.3) is 0 Å². The first-order valence-corrected chi connectivity index (χ1v) is 32.6. The summed E-state index contributed by atoms with van der Waals surface area (Å²) in [6, 6.07) is 26.7. The predicted octanol–water partition coefficient (Wildman–Crippen LogP) is 21.8. The molecule has 0 aliphatic heterocycles. The fraction of sp³-hybridized carbons (Fsp3) is 0.351. The van der Waals surface area contributed by atoms with E-state index in [1.165, 1.54) is 19.6 Å². The zero-order valence-corrected chi connectivity index (χ0v) is 57.9. The smallest absolute Gasteiger partial charge is 0.119 e. The molecule has 460 valence electrons. The molecule has 8 aromatic carbocycles. The van der Waals surface area contributed by atoms with Gasteiger partial charge in [0.2, 0.25) is 0 Å². The zero-order chi connectivity index (χ0) is 64.7. The highest BCUT2D eigenvalue weighted by Crippen LogP contribution is 2.46. The Morgan fingerprint density at radius 3 is 0.837 bits per heavy atom. The van der Waals surface area contributed by atoms with Gasteiger partial charge in [-0.1, -0.05) is 102 Å². The van der Waals surface area contributed by atoms with Gasteiger partial charge >= 0.3 is 0 Å². The molecule has 0 unspecified atom stereocenters. The third-order valence-corrected chi connectivity index (χ3v) is 21.5. The molecule has 0 aromatic heterocycles. The quantitative estimate of drug-likeness (QED) is 0.0586. The third kappa shape index (κ3) is 17.0. The molecule has 0 fully saturated rings. The lowest BCUT2D eigenvalue weighted by Gasteiger charge is -2.21. The van der Waals surface area contributed by atoms with E-state index in [1.54, 1.807) is 71.3 Å². The number of benzene rings is 8. The summed E-state index contributed by atoms with van der Waals surface area (Å²) in [5.74, 6) is 3.98. The molecule has 0 amide bonds. The minimum absolute atomic E-state index is 0.265. The van der Waals surface area contributed by atoms with Crippen molar-refractivity contribution in [3.05, 3.63) is 185 Å². The highest BCUT2D eigenvalue weighted by Gasteiger charge is 2.21. The van der Waals surface area contributed by atoms with Crippen LogP contribution in [-0.2, 0) is 0 Å². The molecule has 8 N–H and O–H groups in total. The first-order valence-electron chi connectivity index (χ1n) is 29.3. The maximum absolute atomic E-state index is 10.5. The second kappa shape index (κ2) is 30.0. The minimum Gasteiger partial charge on any atom is -0.508 e. The van der Waals surface area contributed by atoms with E-state index in [-0.39, 0.29) is 11.8 Å². The van der Waals surface area contributed by atoms with Crippen molar-refractivity contribution in [2.75, 3.05) is 0 Å². The SMILES string of the molecule is CC(C)c1cc(Sc2cc(C(C)C)c(O)cc2C(C)C)c(C(C)C)cc1O.Cc1c(O)ccc(Sc2ccc(O)c(C)c2C)c1C.Cc1cc(O)c(C)c(C)c1Sc1c(C)cc(O)c(C)c1C.Cc1cc(Sc2cc(C)c(O)cc2C)c(C)cc1O. The van der Waals surface area contributed by atoms with Crippen LogP contribution in [0.1, 0.15) is 179 Å². The molecule has 8 rings (SSSR count). The van der Waals surface area contributed by atoms with Gasteiger partial charge < -0.3 is 40.9 Å². The van der Waals surface area contributed by atoms with Gasteiger partial charge in [-0.05, 0) is 306 Å². The number of phenols is 8.